The van der Waals surface area contributed by atoms with Crippen molar-refractivity contribution in [2.75, 3.05) is 0 Å². The summed E-state index contributed by atoms with van der Waals surface area (Å²) >= 11 is 0. The average Bonchev–Trinajstić information content (AvgIpc) is 3.13. The van der Waals surface area contributed by atoms with E-state index < -0.39 is 0 Å². The Morgan fingerprint density at radius 2 is 2.10 bits per heavy atom. The highest BCUT2D eigenvalue weighted by Crippen LogP contribution is 2.37. The minimum absolute atomic E-state index is 0.395. The molecule has 0 aliphatic heterocycles. The van der Waals surface area contributed by atoms with Crippen LogP contribution in [0.5, 0.6) is 0 Å². The first-order valence-electron chi connectivity index (χ1n) is 7.04. The molecule has 0 bridgehead atoms. The molecule has 3 aromatic rings. The van der Waals surface area contributed by atoms with Crippen molar-refractivity contribution in [3.8, 4) is 6.07 Å². The number of H-pyrrole nitrogens is 1. The SMILES string of the molecule is N#Cc1ccc2[nH]c3c(c2c1)CCCC3n1cccc1. The lowest BCUT2D eigenvalue weighted by Crippen LogP contribution is -2.15. The lowest BCUT2D eigenvalue weighted by atomic mass is 9.91. The molecule has 1 aliphatic rings. The molecule has 1 N–H and O–H groups in total. The summed E-state index contributed by atoms with van der Waals surface area (Å²) in [6.07, 6.45) is 7.72. The van der Waals surface area contributed by atoms with E-state index in [0.717, 1.165) is 17.5 Å². The number of nitriles is 1. The van der Waals surface area contributed by atoms with Crippen molar-refractivity contribution in [2.24, 2.45) is 0 Å². The second kappa shape index (κ2) is 4.28. The highest BCUT2D eigenvalue weighted by Gasteiger charge is 2.25. The van der Waals surface area contributed by atoms with Gasteiger partial charge in [0.05, 0.1) is 17.7 Å². The molecule has 1 atom stereocenters. The monoisotopic (exact) mass is 261 g/mol. The second-order valence-corrected chi connectivity index (χ2v) is 5.43. The van der Waals surface area contributed by atoms with Gasteiger partial charge in [-0.05, 0) is 55.2 Å². The number of nitrogens with one attached hydrogen (secondary N) is 1. The fourth-order valence-electron chi connectivity index (χ4n) is 3.36. The third kappa shape index (κ3) is 1.58. The number of aromatic amines is 1. The molecule has 0 radical (unpaired) electrons. The first kappa shape index (κ1) is 11.4. The van der Waals surface area contributed by atoms with Crippen LogP contribution in [0.15, 0.2) is 42.7 Å². The van der Waals surface area contributed by atoms with Gasteiger partial charge in [-0.15, -0.1) is 0 Å². The molecule has 1 unspecified atom stereocenters. The quantitative estimate of drug-likeness (QED) is 0.712. The molecular weight excluding hydrogens is 246 g/mol. The standard InChI is InChI=1S/C17H15N3/c18-11-12-6-7-15-14(10-12)13-4-3-5-16(17(13)19-15)20-8-1-2-9-20/h1-2,6-10,16,19H,3-5H2. The van der Waals surface area contributed by atoms with Gasteiger partial charge in [0.15, 0.2) is 0 Å². The third-order valence-electron chi connectivity index (χ3n) is 4.29. The van der Waals surface area contributed by atoms with Crippen molar-refractivity contribution in [3.63, 3.8) is 0 Å². The van der Waals surface area contributed by atoms with Gasteiger partial charge in [0.1, 0.15) is 0 Å². The zero-order valence-corrected chi connectivity index (χ0v) is 11.1. The van der Waals surface area contributed by atoms with E-state index in [1.807, 2.05) is 18.2 Å². The van der Waals surface area contributed by atoms with Crippen molar-refractivity contribution in [1.82, 2.24) is 9.55 Å². The molecule has 20 heavy (non-hydrogen) atoms. The largest absolute Gasteiger partial charge is 0.356 e. The average molecular weight is 261 g/mol. The van der Waals surface area contributed by atoms with Crippen LogP contribution in [0.3, 0.4) is 0 Å². The summed E-state index contributed by atoms with van der Waals surface area (Å²) in [5.74, 6) is 0. The zero-order chi connectivity index (χ0) is 13.5. The van der Waals surface area contributed by atoms with E-state index in [1.54, 1.807) is 0 Å². The highest BCUT2D eigenvalue weighted by molar-refractivity contribution is 5.86. The molecule has 0 saturated carbocycles. The summed E-state index contributed by atoms with van der Waals surface area (Å²) in [7, 11) is 0. The normalized spacial score (nSPS) is 17.9. The van der Waals surface area contributed by atoms with Gasteiger partial charge >= 0.3 is 0 Å². The summed E-state index contributed by atoms with van der Waals surface area (Å²) < 4.78 is 2.28. The minimum Gasteiger partial charge on any atom is -0.356 e. The predicted molar refractivity (Wildman–Crippen MR) is 78.5 cm³/mol. The molecule has 0 amide bonds. The molecule has 0 saturated heterocycles. The maximum absolute atomic E-state index is 9.08. The number of aromatic nitrogens is 2. The van der Waals surface area contributed by atoms with Crippen LogP contribution >= 0.6 is 0 Å². The molecule has 4 rings (SSSR count). The van der Waals surface area contributed by atoms with Crippen LogP contribution in [-0.2, 0) is 6.42 Å². The Morgan fingerprint density at radius 1 is 1.25 bits per heavy atom. The third-order valence-corrected chi connectivity index (χ3v) is 4.29. The lowest BCUT2D eigenvalue weighted by Gasteiger charge is -2.24. The van der Waals surface area contributed by atoms with Gasteiger partial charge in [-0.1, -0.05) is 0 Å². The summed E-state index contributed by atoms with van der Waals surface area (Å²) in [5.41, 5.74) is 4.59. The van der Waals surface area contributed by atoms with Crippen LogP contribution in [0.2, 0.25) is 0 Å². The maximum Gasteiger partial charge on any atom is 0.0991 e. The predicted octanol–water partition coefficient (Wildman–Crippen LogP) is 3.77. The Balaban J connectivity index is 1.93. The van der Waals surface area contributed by atoms with Gasteiger partial charge in [0, 0.05) is 29.0 Å². The van der Waals surface area contributed by atoms with Gasteiger partial charge in [0.25, 0.3) is 0 Å². The van der Waals surface area contributed by atoms with Crippen molar-refractivity contribution < 1.29 is 0 Å². The highest BCUT2D eigenvalue weighted by atomic mass is 15.0. The number of rotatable bonds is 1. The van der Waals surface area contributed by atoms with Gasteiger partial charge in [-0.25, -0.2) is 0 Å². The number of benzene rings is 1. The molecule has 0 fully saturated rings. The van der Waals surface area contributed by atoms with Crippen molar-refractivity contribution in [2.45, 2.75) is 25.3 Å². The second-order valence-electron chi connectivity index (χ2n) is 5.43. The van der Waals surface area contributed by atoms with Crippen molar-refractivity contribution in [3.05, 3.63) is 59.5 Å². The summed E-state index contributed by atoms with van der Waals surface area (Å²) in [5, 5.41) is 10.3. The molecule has 2 aromatic heterocycles. The Morgan fingerprint density at radius 3 is 2.90 bits per heavy atom. The van der Waals surface area contributed by atoms with E-state index in [4.69, 9.17) is 5.26 Å². The Labute approximate surface area is 117 Å². The van der Waals surface area contributed by atoms with Crippen molar-refractivity contribution >= 4 is 10.9 Å². The fraction of sp³-hybridized carbons (Fsp3) is 0.235. The Hall–Kier alpha value is -2.47. The van der Waals surface area contributed by atoms with Crippen LogP contribution in [0.4, 0.5) is 0 Å². The first-order chi connectivity index (χ1) is 9.86. The van der Waals surface area contributed by atoms with Crippen LogP contribution < -0.4 is 0 Å². The smallest absolute Gasteiger partial charge is 0.0991 e. The molecule has 2 heterocycles. The van der Waals surface area contributed by atoms with Gasteiger partial charge < -0.3 is 9.55 Å². The number of hydrogen-bond donors (Lipinski definition) is 1. The molecule has 1 aliphatic carbocycles. The maximum atomic E-state index is 9.08. The molecule has 98 valence electrons. The molecule has 0 spiro atoms. The van der Waals surface area contributed by atoms with Gasteiger partial charge in [-0.3, -0.25) is 0 Å². The Kier molecular flexibility index (Phi) is 2.43. The zero-order valence-electron chi connectivity index (χ0n) is 11.1. The molecular formula is C17H15N3. The summed E-state index contributed by atoms with van der Waals surface area (Å²) in [6, 6.07) is 12.7. The van der Waals surface area contributed by atoms with Crippen LogP contribution in [0.25, 0.3) is 10.9 Å². The molecule has 1 aromatic carbocycles. The van der Waals surface area contributed by atoms with E-state index in [2.05, 4.69) is 40.1 Å². The number of aryl methyl sites for hydroxylation is 1. The molecule has 3 heteroatoms. The van der Waals surface area contributed by atoms with Crippen LogP contribution in [0.1, 0.15) is 35.7 Å². The Bertz CT molecular complexity index is 803. The van der Waals surface area contributed by atoms with E-state index in [0.29, 0.717) is 6.04 Å². The topological polar surface area (TPSA) is 44.5 Å². The first-order valence-corrected chi connectivity index (χ1v) is 7.04. The van der Waals surface area contributed by atoms with Gasteiger partial charge in [-0.2, -0.15) is 5.26 Å². The summed E-state index contributed by atoms with van der Waals surface area (Å²) in [4.78, 5) is 3.58. The van der Waals surface area contributed by atoms with E-state index in [9.17, 15) is 0 Å². The van der Waals surface area contributed by atoms with E-state index in [1.165, 1.54) is 29.5 Å². The van der Waals surface area contributed by atoms with E-state index >= 15 is 0 Å². The minimum atomic E-state index is 0.395. The van der Waals surface area contributed by atoms with Crippen molar-refractivity contribution in [1.29, 1.82) is 5.26 Å². The fourth-order valence-corrected chi connectivity index (χ4v) is 3.36. The summed E-state index contributed by atoms with van der Waals surface area (Å²) in [6.45, 7) is 0. The number of hydrogen-bond acceptors (Lipinski definition) is 1. The van der Waals surface area contributed by atoms with E-state index in [-0.39, 0.29) is 0 Å². The van der Waals surface area contributed by atoms with Gasteiger partial charge in [0.2, 0.25) is 0 Å². The van der Waals surface area contributed by atoms with Crippen LogP contribution in [0, 0.1) is 11.3 Å². The molecule has 3 nitrogen and oxygen atoms in total. The lowest BCUT2D eigenvalue weighted by molar-refractivity contribution is 0.484. The number of nitrogens with zero attached hydrogens (tertiary/aromatic N) is 2. The number of fused-ring (bicyclic) bond motifs is 3. The van der Waals surface area contributed by atoms with Crippen LogP contribution in [-0.4, -0.2) is 9.55 Å².